The predicted molar refractivity (Wildman–Crippen MR) is 188 cm³/mol. The lowest BCUT2D eigenvalue weighted by atomic mass is 10.1. The molecule has 0 fully saturated rings. The molecule has 2 amide bonds. The van der Waals surface area contributed by atoms with Crippen LogP contribution in [0.5, 0.6) is 11.5 Å². The van der Waals surface area contributed by atoms with E-state index in [1.165, 1.54) is 23.1 Å². The summed E-state index contributed by atoms with van der Waals surface area (Å²) in [7, 11) is 0. The molecule has 0 aliphatic rings. The normalized spacial score (nSPS) is 10.9. The fourth-order valence-corrected chi connectivity index (χ4v) is 5.68. The highest BCUT2D eigenvalue weighted by atomic mass is 79.9. The van der Waals surface area contributed by atoms with Gasteiger partial charge in [0.1, 0.15) is 0 Å². The van der Waals surface area contributed by atoms with E-state index in [9.17, 15) is 9.59 Å². The molecule has 11 heteroatoms. The number of nitrogens with one attached hydrogen (secondary N) is 3. The molecule has 5 rings (SSSR count). The van der Waals surface area contributed by atoms with Crippen molar-refractivity contribution in [2.75, 3.05) is 23.8 Å². The standard InChI is InChI=1S/C35H32BrN5O4S/c1-4-44-31-18-24(17-29(36)33(31)45-20-32(42)38-28-7-5-6-23(3)16-28)19-37-41-34(43)26-12-10-25(11-13-26)30-21-46-35(40-30)39-27-14-8-22(2)9-15-27/h5-19,21H,4,20H2,1-3H3,(H,38,42)(H,39,40)(H,41,43)/b37-19+. The van der Waals surface area contributed by atoms with Gasteiger partial charge in [0.2, 0.25) is 0 Å². The molecule has 234 valence electrons. The summed E-state index contributed by atoms with van der Waals surface area (Å²) in [5.74, 6) is 0.169. The number of amides is 2. The van der Waals surface area contributed by atoms with E-state index in [4.69, 9.17) is 9.47 Å². The van der Waals surface area contributed by atoms with Crippen LogP contribution in [0.25, 0.3) is 11.3 Å². The summed E-state index contributed by atoms with van der Waals surface area (Å²) in [6, 6.07) is 26.3. The second kappa shape index (κ2) is 15.3. The van der Waals surface area contributed by atoms with Crippen molar-refractivity contribution < 1.29 is 19.1 Å². The molecule has 3 N–H and O–H groups in total. The number of carbonyl (C=O) groups is 2. The SMILES string of the molecule is CCOc1cc(/C=N/NC(=O)c2ccc(-c3csc(Nc4ccc(C)cc4)n3)cc2)cc(Br)c1OCC(=O)Nc1cccc(C)c1. The van der Waals surface area contributed by atoms with Gasteiger partial charge >= 0.3 is 0 Å². The third-order valence-corrected chi connectivity index (χ3v) is 7.96. The van der Waals surface area contributed by atoms with Gasteiger partial charge in [0.25, 0.3) is 11.8 Å². The Balaban J connectivity index is 1.17. The fourth-order valence-electron chi connectivity index (χ4n) is 4.37. The van der Waals surface area contributed by atoms with Crippen LogP contribution in [-0.4, -0.2) is 36.2 Å². The maximum Gasteiger partial charge on any atom is 0.271 e. The number of anilines is 3. The van der Waals surface area contributed by atoms with Crippen LogP contribution in [0.15, 0.2) is 99.9 Å². The number of thiazole rings is 1. The van der Waals surface area contributed by atoms with Crippen molar-refractivity contribution in [2.45, 2.75) is 20.8 Å². The Morgan fingerprint density at radius 3 is 2.46 bits per heavy atom. The van der Waals surface area contributed by atoms with Crippen molar-refractivity contribution in [3.8, 4) is 22.8 Å². The molecule has 0 aliphatic carbocycles. The first kappa shape index (κ1) is 32.4. The van der Waals surface area contributed by atoms with E-state index in [0.717, 1.165) is 27.6 Å². The molecule has 0 spiro atoms. The van der Waals surface area contributed by atoms with Gasteiger partial charge in [-0.1, -0.05) is 42.0 Å². The third-order valence-electron chi connectivity index (χ3n) is 6.61. The summed E-state index contributed by atoms with van der Waals surface area (Å²) >= 11 is 5.02. The number of hydrazone groups is 1. The van der Waals surface area contributed by atoms with Crippen molar-refractivity contribution in [1.82, 2.24) is 10.4 Å². The average Bonchev–Trinajstić information content (AvgIpc) is 3.50. The van der Waals surface area contributed by atoms with Gasteiger partial charge in [-0.2, -0.15) is 5.10 Å². The Morgan fingerprint density at radius 2 is 1.72 bits per heavy atom. The third kappa shape index (κ3) is 8.80. The molecule has 46 heavy (non-hydrogen) atoms. The lowest BCUT2D eigenvalue weighted by molar-refractivity contribution is -0.118. The molecule has 0 saturated carbocycles. The minimum Gasteiger partial charge on any atom is -0.490 e. The van der Waals surface area contributed by atoms with Gasteiger partial charge in [0.15, 0.2) is 23.2 Å². The van der Waals surface area contributed by atoms with Crippen LogP contribution in [0.3, 0.4) is 0 Å². The molecule has 9 nitrogen and oxygen atoms in total. The number of aryl methyl sites for hydroxylation is 2. The lowest BCUT2D eigenvalue weighted by Gasteiger charge is -2.14. The highest BCUT2D eigenvalue weighted by molar-refractivity contribution is 9.10. The van der Waals surface area contributed by atoms with Gasteiger partial charge in [-0.05, 0) is 96.4 Å². The number of aromatic nitrogens is 1. The number of ether oxygens (including phenoxy) is 2. The molecular formula is C35H32BrN5O4S. The van der Waals surface area contributed by atoms with Crippen molar-refractivity contribution in [3.63, 3.8) is 0 Å². The van der Waals surface area contributed by atoms with E-state index < -0.39 is 0 Å². The second-order valence-corrected chi connectivity index (χ2v) is 12.0. The van der Waals surface area contributed by atoms with Crippen LogP contribution >= 0.6 is 27.3 Å². The molecule has 0 bridgehead atoms. The van der Waals surface area contributed by atoms with Crippen LogP contribution in [0, 0.1) is 13.8 Å². The molecule has 0 atom stereocenters. The van der Waals surface area contributed by atoms with E-state index in [1.54, 1.807) is 24.3 Å². The van der Waals surface area contributed by atoms with Crippen LogP contribution in [0.2, 0.25) is 0 Å². The predicted octanol–water partition coefficient (Wildman–Crippen LogP) is 8.11. The molecule has 4 aromatic carbocycles. The number of benzene rings is 4. The summed E-state index contributed by atoms with van der Waals surface area (Å²) in [6.07, 6.45) is 1.51. The smallest absolute Gasteiger partial charge is 0.271 e. The van der Waals surface area contributed by atoms with Crippen LogP contribution < -0.4 is 25.5 Å². The van der Waals surface area contributed by atoms with Crippen LogP contribution in [-0.2, 0) is 4.79 Å². The van der Waals surface area contributed by atoms with Crippen LogP contribution in [0.4, 0.5) is 16.5 Å². The molecule has 5 aromatic rings. The number of halogens is 1. The van der Waals surface area contributed by atoms with Gasteiger partial charge in [0.05, 0.1) is 23.0 Å². The van der Waals surface area contributed by atoms with E-state index >= 15 is 0 Å². The molecular weight excluding hydrogens is 666 g/mol. The molecule has 1 heterocycles. The van der Waals surface area contributed by atoms with Crippen LogP contribution in [0.1, 0.15) is 34.0 Å². The summed E-state index contributed by atoms with van der Waals surface area (Å²) in [6.45, 7) is 6.04. The largest absolute Gasteiger partial charge is 0.490 e. The van der Waals surface area contributed by atoms with Gasteiger partial charge in [-0.15, -0.1) is 11.3 Å². The van der Waals surface area contributed by atoms with E-state index in [0.29, 0.717) is 39.4 Å². The zero-order chi connectivity index (χ0) is 32.5. The highest BCUT2D eigenvalue weighted by Crippen LogP contribution is 2.36. The Morgan fingerprint density at radius 1 is 0.935 bits per heavy atom. The number of hydrogen-bond donors (Lipinski definition) is 3. The summed E-state index contributed by atoms with van der Waals surface area (Å²) in [4.78, 5) is 29.9. The van der Waals surface area contributed by atoms with Gasteiger partial charge in [-0.3, -0.25) is 9.59 Å². The van der Waals surface area contributed by atoms with E-state index in [2.05, 4.69) is 42.1 Å². The molecule has 0 radical (unpaired) electrons. The first-order valence-corrected chi connectivity index (χ1v) is 16.1. The highest BCUT2D eigenvalue weighted by Gasteiger charge is 2.15. The van der Waals surface area contributed by atoms with Gasteiger partial charge < -0.3 is 20.1 Å². The van der Waals surface area contributed by atoms with E-state index in [1.807, 2.05) is 86.8 Å². The number of nitrogens with zero attached hydrogens (tertiary/aromatic N) is 2. The Kier molecular flexibility index (Phi) is 10.8. The van der Waals surface area contributed by atoms with Crippen molar-refractivity contribution in [2.24, 2.45) is 5.10 Å². The average molecular weight is 699 g/mol. The maximum atomic E-state index is 12.8. The maximum absolute atomic E-state index is 12.8. The monoisotopic (exact) mass is 697 g/mol. The first-order valence-electron chi connectivity index (χ1n) is 14.5. The topological polar surface area (TPSA) is 114 Å². The first-order chi connectivity index (χ1) is 22.3. The number of rotatable bonds is 12. The summed E-state index contributed by atoms with van der Waals surface area (Å²) in [5.41, 5.74) is 9.30. The summed E-state index contributed by atoms with van der Waals surface area (Å²) in [5, 5.41) is 13.0. The Hall–Kier alpha value is -5.00. The lowest BCUT2D eigenvalue weighted by Crippen LogP contribution is -2.20. The van der Waals surface area contributed by atoms with Gasteiger partial charge in [-0.25, -0.2) is 10.4 Å². The number of hydrogen-bond acceptors (Lipinski definition) is 8. The molecule has 0 unspecified atom stereocenters. The van der Waals surface area contributed by atoms with Crippen molar-refractivity contribution >= 4 is 61.8 Å². The molecule has 0 saturated heterocycles. The van der Waals surface area contributed by atoms with Crippen molar-refractivity contribution in [1.29, 1.82) is 0 Å². The quantitative estimate of drug-likeness (QED) is 0.0897. The second-order valence-electron chi connectivity index (χ2n) is 10.3. The molecule has 1 aromatic heterocycles. The minimum atomic E-state index is -0.355. The zero-order valence-corrected chi connectivity index (χ0v) is 27.9. The fraction of sp³-hybridized carbons (Fsp3) is 0.143. The van der Waals surface area contributed by atoms with Gasteiger partial charge in [0, 0.05) is 27.9 Å². The van der Waals surface area contributed by atoms with E-state index in [-0.39, 0.29) is 18.4 Å². The summed E-state index contributed by atoms with van der Waals surface area (Å²) < 4.78 is 12.1. The minimum absolute atomic E-state index is 0.206. The Bertz CT molecular complexity index is 1860. The molecule has 0 aliphatic heterocycles. The number of carbonyl (C=O) groups excluding carboxylic acids is 2. The zero-order valence-electron chi connectivity index (χ0n) is 25.5. The Labute approximate surface area is 279 Å². The van der Waals surface area contributed by atoms with Crippen molar-refractivity contribution in [3.05, 3.63) is 117 Å².